The highest BCUT2D eigenvalue weighted by atomic mass is 32.1. The van der Waals surface area contributed by atoms with Gasteiger partial charge in [-0.3, -0.25) is 9.78 Å². The van der Waals surface area contributed by atoms with E-state index < -0.39 is 0 Å². The summed E-state index contributed by atoms with van der Waals surface area (Å²) in [5.74, 6) is -0.103. The maximum atomic E-state index is 10.9. The molecule has 0 bridgehead atoms. The Hall–Kier alpha value is -2.47. The molecule has 0 saturated carbocycles. The first-order chi connectivity index (χ1) is 9.56. The molecule has 5 nitrogen and oxygen atoms in total. The van der Waals surface area contributed by atoms with Crippen LogP contribution in [-0.4, -0.2) is 15.9 Å². The van der Waals surface area contributed by atoms with Gasteiger partial charge in [0.15, 0.2) is 0 Å². The minimum atomic E-state index is -0.103. The molecular formula is C14H14N4OS. The van der Waals surface area contributed by atoms with Crippen molar-refractivity contribution >= 4 is 40.2 Å². The number of nitrogens with one attached hydrogen (secondary N) is 2. The molecule has 4 N–H and O–H groups in total. The SMILES string of the molecule is CC(=O)Nc1ccc(Nc2cccnc2C(N)=S)cc1. The van der Waals surface area contributed by atoms with Crippen LogP contribution in [0.2, 0.25) is 0 Å². The quantitative estimate of drug-likeness (QED) is 0.752. The lowest BCUT2D eigenvalue weighted by atomic mass is 10.2. The number of amides is 1. The van der Waals surface area contributed by atoms with E-state index in [2.05, 4.69) is 15.6 Å². The van der Waals surface area contributed by atoms with Gasteiger partial charge in [-0.1, -0.05) is 12.2 Å². The Kier molecular flexibility index (Phi) is 4.27. The molecular weight excluding hydrogens is 272 g/mol. The summed E-state index contributed by atoms with van der Waals surface area (Å²) in [6.07, 6.45) is 1.64. The highest BCUT2D eigenvalue weighted by Gasteiger charge is 2.06. The number of pyridine rings is 1. The van der Waals surface area contributed by atoms with Gasteiger partial charge in [-0.15, -0.1) is 0 Å². The summed E-state index contributed by atoms with van der Waals surface area (Å²) in [6.45, 7) is 1.47. The monoisotopic (exact) mass is 286 g/mol. The van der Waals surface area contributed by atoms with Crippen molar-refractivity contribution in [3.63, 3.8) is 0 Å². The molecule has 1 aromatic carbocycles. The molecule has 102 valence electrons. The van der Waals surface area contributed by atoms with Gasteiger partial charge in [0.1, 0.15) is 10.7 Å². The van der Waals surface area contributed by atoms with Gasteiger partial charge in [0.25, 0.3) is 0 Å². The molecule has 0 radical (unpaired) electrons. The summed E-state index contributed by atoms with van der Waals surface area (Å²) >= 11 is 4.96. The van der Waals surface area contributed by atoms with Crippen LogP contribution in [0.5, 0.6) is 0 Å². The molecule has 20 heavy (non-hydrogen) atoms. The standard InChI is InChI=1S/C14H14N4OS/c1-9(19)17-10-4-6-11(7-5-10)18-12-3-2-8-16-13(12)14(15)20/h2-8,18H,1H3,(H2,15,20)(H,17,19). The smallest absolute Gasteiger partial charge is 0.221 e. The molecule has 0 fully saturated rings. The topological polar surface area (TPSA) is 80.0 Å². The van der Waals surface area contributed by atoms with Gasteiger partial charge in [0.2, 0.25) is 5.91 Å². The second-order valence-corrected chi connectivity index (χ2v) is 4.59. The maximum absolute atomic E-state index is 10.9. The lowest BCUT2D eigenvalue weighted by molar-refractivity contribution is -0.114. The van der Waals surface area contributed by atoms with Crippen LogP contribution in [-0.2, 0) is 4.79 Å². The number of carbonyl (C=O) groups is 1. The number of anilines is 3. The van der Waals surface area contributed by atoms with Gasteiger partial charge in [-0.25, -0.2) is 0 Å². The van der Waals surface area contributed by atoms with Crippen LogP contribution in [0.1, 0.15) is 12.6 Å². The number of hydrogen-bond donors (Lipinski definition) is 3. The van der Waals surface area contributed by atoms with Crippen molar-refractivity contribution in [2.75, 3.05) is 10.6 Å². The van der Waals surface area contributed by atoms with E-state index in [0.717, 1.165) is 17.1 Å². The third-order valence-corrected chi connectivity index (χ3v) is 2.72. The third kappa shape index (κ3) is 3.52. The van der Waals surface area contributed by atoms with Gasteiger partial charge in [-0.2, -0.15) is 0 Å². The van der Waals surface area contributed by atoms with E-state index in [9.17, 15) is 4.79 Å². The fourth-order valence-corrected chi connectivity index (χ4v) is 1.86. The molecule has 6 heteroatoms. The lowest BCUT2D eigenvalue weighted by Crippen LogP contribution is -2.13. The molecule has 0 aliphatic carbocycles. The summed E-state index contributed by atoms with van der Waals surface area (Å²) in [5.41, 5.74) is 8.51. The Balaban J connectivity index is 2.18. The molecule has 1 amide bonds. The third-order valence-electron chi connectivity index (χ3n) is 2.53. The molecule has 0 saturated heterocycles. The summed E-state index contributed by atoms with van der Waals surface area (Å²) in [5, 5.41) is 5.90. The molecule has 0 unspecified atom stereocenters. The van der Waals surface area contributed by atoms with Crippen molar-refractivity contribution in [1.82, 2.24) is 4.98 Å². The van der Waals surface area contributed by atoms with Crippen LogP contribution < -0.4 is 16.4 Å². The Morgan fingerprint density at radius 2 is 1.85 bits per heavy atom. The van der Waals surface area contributed by atoms with E-state index in [4.69, 9.17) is 18.0 Å². The molecule has 0 aliphatic rings. The number of thiocarbonyl (C=S) groups is 1. The summed E-state index contributed by atoms with van der Waals surface area (Å²) < 4.78 is 0. The molecule has 1 heterocycles. The number of rotatable bonds is 4. The maximum Gasteiger partial charge on any atom is 0.221 e. The molecule has 0 spiro atoms. The number of carbonyl (C=O) groups excluding carboxylic acids is 1. The highest BCUT2D eigenvalue weighted by Crippen LogP contribution is 2.21. The summed E-state index contributed by atoms with van der Waals surface area (Å²) in [4.78, 5) is 15.3. The van der Waals surface area contributed by atoms with Gasteiger partial charge in [-0.05, 0) is 36.4 Å². The van der Waals surface area contributed by atoms with Crippen molar-refractivity contribution in [3.05, 3.63) is 48.3 Å². The molecule has 0 atom stereocenters. The van der Waals surface area contributed by atoms with Crippen molar-refractivity contribution < 1.29 is 4.79 Å². The Labute approximate surface area is 122 Å². The number of nitrogens with zero attached hydrogens (tertiary/aromatic N) is 1. The van der Waals surface area contributed by atoms with Crippen molar-refractivity contribution in [2.45, 2.75) is 6.92 Å². The summed E-state index contributed by atoms with van der Waals surface area (Å²) in [7, 11) is 0. The Morgan fingerprint density at radius 3 is 2.45 bits per heavy atom. The minimum Gasteiger partial charge on any atom is -0.388 e. The second-order valence-electron chi connectivity index (χ2n) is 4.15. The van der Waals surface area contributed by atoms with E-state index >= 15 is 0 Å². The predicted octanol–water partition coefficient (Wildman–Crippen LogP) is 2.42. The molecule has 1 aromatic heterocycles. The van der Waals surface area contributed by atoms with Crippen LogP contribution in [0.25, 0.3) is 0 Å². The zero-order valence-electron chi connectivity index (χ0n) is 10.9. The highest BCUT2D eigenvalue weighted by molar-refractivity contribution is 7.80. The van der Waals surface area contributed by atoms with Crippen LogP contribution in [0.4, 0.5) is 17.1 Å². The van der Waals surface area contributed by atoms with Crippen molar-refractivity contribution in [1.29, 1.82) is 0 Å². The first-order valence-electron chi connectivity index (χ1n) is 5.96. The normalized spacial score (nSPS) is 9.85. The van der Waals surface area contributed by atoms with Crippen LogP contribution in [0, 0.1) is 0 Å². The first-order valence-corrected chi connectivity index (χ1v) is 6.36. The van der Waals surface area contributed by atoms with Crippen molar-refractivity contribution in [2.24, 2.45) is 5.73 Å². The van der Waals surface area contributed by atoms with Crippen LogP contribution in [0.3, 0.4) is 0 Å². The molecule has 2 aromatic rings. The largest absolute Gasteiger partial charge is 0.388 e. The van der Waals surface area contributed by atoms with Gasteiger partial charge in [0.05, 0.1) is 5.69 Å². The predicted molar refractivity (Wildman–Crippen MR) is 84.2 cm³/mol. The minimum absolute atomic E-state index is 0.103. The fraction of sp³-hybridized carbons (Fsp3) is 0.0714. The van der Waals surface area contributed by atoms with E-state index in [-0.39, 0.29) is 10.9 Å². The molecule has 2 rings (SSSR count). The fourth-order valence-electron chi connectivity index (χ4n) is 1.70. The number of aromatic nitrogens is 1. The lowest BCUT2D eigenvalue weighted by Gasteiger charge is -2.10. The molecule has 0 aliphatic heterocycles. The summed E-state index contributed by atoms with van der Waals surface area (Å²) in [6, 6.07) is 11.0. The van der Waals surface area contributed by atoms with Gasteiger partial charge < -0.3 is 16.4 Å². The second kappa shape index (κ2) is 6.12. The average Bonchev–Trinajstić information content (AvgIpc) is 2.41. The zero-order valence-corrected chi connectivity index (χ0v) is 11.7. The van der Waals surface area contributed by atoms with Gasteiger partial charge >= 0.3 is 0 Å². The van der Waals surface area contributed by atoms with Crippen LogP contribution >= 0.6 is 12.2 Å². The first kappa shape index (κ1) is 14.0. The van der Waals surface area contributed by atoms with E-state index in [1.807, 2.05) is 18.2 Å². The van der Waals surface area contributed by atoms with E-state index in [0.29, 0.717) is 5.69 Å². The van der Waals surface area contributed by atoms with E-state index in [1.165, 1.54) is 6.92 Å². The average molecular weight is 286 g/mol. The Morgan fingerprint density at radius 1 is 1.20 bits per heavy atom. The number of nitrogens with two attached hydrogens (primary N) is 1. The zero-order chi connectivity index (χ0) is 14.5. The van der Waals surface area contributed by atoms with Crippen LogP contribution in [0.15, 0.2) is 42.6 Å². The van der Waals surface area contributed by atoms with Gasteiger partial charge in [0, 0.05) is 24.5 Å². The van der Waals surface area contributed by atoms with Crippen molar-refractivity contribution in [3.8, 4) is 0 Å². The number of hydrogen-bond acceptors (Lipinski definition) is 4. The number of benzene rings is 1. The van der Waals surface area contributed by atoms with E-state index in [1.54, 1.807) is 24.4 Å². The Bertz CT molecular complexity index is 640.